The summed E-state index contributed by atoms with van der Waals surface area (Å²) in [5, 5.41) is 17.6. The first-order valence-corrected chi connectivity index (χ1v) is 5.33. The highest BCUT2D eigenvalue weighted by Gasteiger charge is 2.21. The molecule has 94 valence electrons. The first-order chi connectivity index (χ1) is 8.04. The number of halogens is 2. The lowest BCUT2D eigenvalue weighted by Crippen LogP contribution is -2.16. The van der Waals surface area contributed by atoms with Crippen molar-refractivity contribution >= 4 is 17.6 Å². The number of hydrogen-bond acceptors (Lipinski definition) is 3. The van der Waals surface area contributed by atoms with E-state index in [1.165, 1.54) is 6.07 Å². The number of carbonyl (C=O) groups is 1. The van der Waals surface area contributed by atoms with Crippen LogP contribution in [0.3, 0.4) is 0 Å². The van der Waals surface area contributed by atoms with E-state index >= 15 is 0 Å². The molecule has 0 amide bonds. The molecule has 4 nitrogen and oxygen atoms in total. The zero-order valence-corrected chi connectivity index (χ0v) is 9.65. The third kappa shape index (κ3) is 4.30. The summed E-state index contributed by atoms with van der Waals surface area (Å²) >= 11 is 5.63. The molecular weight excluding hydrogens is 251 g/mol. The highest BCUT2D eigenvalue weighted by atomic mass is 35.5. The number of aliphatic hydroxyl groups excluding tert-OH is 1. The molecule has 0 aromatic heterocycles. The minimum absolute atomic E-state index is 0.0710. The van der Waals surface area contributed by atoms with Gasteiger partial charge < -0.3 is 14.9 Å². The molecule has 0 radical (unpaired) electrons. The van der Waals surface area contributed by atoms with E-state index in [0.29, 0.717) is 6.42 Å². The van der Waals surface area contributed by atoms with Gasteiger partial charge in [0, 0.05) is 11.6 Å². The van der Waals surface area contributed by atoms with Gasteiger partial charge in [0.2, 0.25) is 0 Å². The van der Waals surface area contributed by atoms with Gasteiger partial charge in [0.1, 0.15) is 5.82 Å². The predicted octanol–water partition coefficient (Wildman–Crippen LogP) is 2.00. The zero-order valence-electron chi connectivity index (χ0n) is 8.90. The number of benzene rings is 1. The van der Waals surface area contributed by atoms with Crippen LogP contribution in [0.5, 0.6) is 0 Å². The number of hydrogen-bond donors (Lipinski definition) is 2. The van der Waals surface area contributed by atoms with E-state index in [1.807, 2.05) is 0 Å². The van der Waals surface area contributed by atoms with Crippen LogP contribution in [0, 0.1) is 5.82 Å². The molecule has 0 fully saturated rings. The largest absolute Gasteiger partial charge is 0.479 e. The molecule has 0 bridgehead atoms. The van der Waals surface area contributed by atoms with Gasteiger partial charge in [-0.1, -0.05) is 11.6 Å². The molecule has 6 heteroatoms. The summed E-state index contributed by atoms with van der Waals surface area (Å²) in [4.78, 5) is 11.0. The van der Waals surface area contributed by atoms with Crippen LogP contribution in [0.4, 0.5) is 4.39 Å². The van der Waals surface area contributed by atoms with Crippen LogP contribution < -0.4 is 0 Å². The van der Waals surface area contributed by atoms with Crippen molar-refractivity contribution in [2.75, 3.05) is 13.2 Å². The Bertz CT molecular complexity index is 377. The Kier molecular flexibility index (Phi) is 5.34. The number of rotatable bonds is 6. The van der Waals surface area contributed by atoms with E-state index in [1.54, 1.807) is 0 Å². The topological polar surface area (TPSA) is 66.8 Å². The second-order valence-corrected chi connectivity index (χ2v) is 3.81. The monoisotopic (exact) mass is 262 g/mol. The standard InChI is InChI=1S/C11H12ClFO4/c12-8-4-7(5-9(13)6-8)10(11(15)16)17-3-1-2-14/h4-6,10,14H,1-3H2,(H,15,16). The number of aliphatic hydroxyl groups is 1. The second-order valence-electron chi connectivity index (χ2n) is 3.37. The van der Waals surface area contributed by atoms with E-state index in [4.69, 9.17) is 26.6 Å². The van der Waals surface area contributed by atoms with Crippen LogP contribution in [-0.4, -0.2) is 29.4 Å². The van der Waals surface area contributed by atoms with Crippen LogP contribution >= 0.6 is 11.6 Å². The van der Waals surface area contributed by atoms with E-state index in [9.17, 15) is 9.18 Å². The molecule has 0 saturated carbocycles. The summed E-state index contributed by atoms with van der Waals surface area (Å²) in [6, 6.07) is 3.48. The quantitative estimate of drug-likeness (QED) is 0.770. The number of carboxylic acids is 1. The van der Waals surface area contributed by atoms with Crippen molar-refractivity contribution in [3.05, 3.63) is 34.6 Å². The summed E-state index contributed by atoms with van der Waals surface area (Å²) < 4.78 is 18.1. The summed E-state index contributed by atoms with van der Waals surface area (Å²) in [6.45, 7) is -0.0299. The van der Waals surface area contributed by atoms with Gasteiger partial charge in [0.15, 0.2) is 6.10 Å². The normalized spacial score (nSPS) is 12.4. The average Bonchev–Trinajstić information content (AvgIpc) is 2.22. The second kappa shape index (κ2) is 6.54. The Morgan fingerprint density at radius 3 is 2.71 bits per heavy atom. The van der Waals surface area contributed by atoms with E-state index in [0.717, 1.165) is 12.1 Å². The lowest BCUT2D eigenvalue weighted by Gasteiger charge is -2.14. The molecule has 0 aliphatic heterocycles. The number of carboxylic acid groups (broad SMARTS) is 1. The summed E-state index contributed by atoms with van der Waals surface area (Å²) in [6.07, 6.45) is -0.970. The van der Waals surface area contributed by atoms with Crippen molar-refractivity contribution in [3.63, 3.8) is 0 Å². The summed E-state index contributed by atoms with van der Waals surface area (Å²) in [7, 11) is 0. The van der Waals surface area contributed by atoms with Crippen molar-refractivity contribution in [1.82, 2.24) is 0 Å². The smallest absolute Gasteiger partial charge is 0.337 e. The van der Waals surface area contributed by atoms with Crippen molar-refractivity contribution in [2.24, 2.45) is 0 Å². The van der Waals surface area contributed by atoms with Gasteiger partial charge in [-0.3, -0.25) is 0 Å². The maximum Gasteiger partial charge on any atom is 0.337 e. The molecule has 0 saturated heterocycles. The zero-order chi connectivity index (χ0) is 12.8. The van der Waals surface area contributed by atoms with Crippen LogP contribution in [-0.2, 0) is 9.53 Å². The molecule has 1 aromatic carbocycles. The third-order valence-corrected chi connectivity index (χ3v) is 2.22. The van der Waals surface area contributed by atoms with Gasteiger partial charge in [0.25, 0.3) is 0 Å². The molecule has 2 N–H and O–H groups in total. The van der Waals surface area contributed by atoms with Gasteiger partial charge in [-0.2, -0.15) is 0 Å². The Hall–Kier alpha value is -1.17. The predicted molar refractivity (Wildman–Crippen MR) is 59.4 cm³/mol. The van der Waals surface area contributed by atoms with Crippen LogP contribution in [0.15, 0.2) is 18.2 Å². The maximum absolute atomic E-state index is 13.1. The summed E-state index contributed by atoms with van der Waals surface area (Å²) in [5.74, 6) is -1.85. The van der Waals surface area contributed by atoms with Crippen molar-refractivity contribution in [3.8, 4) is 0 Å². The Labute approximate surface area is 103 Å². The van der Waals surface area contributed by atoms with Crippen molar-refractivity contribution in [1.29, 1.82) is 0 Å². The molecule has 0 spiro atoms. The minimum atomic E-state index is -1.28. The fourth-order valence-electron chi connectivity index (χ4n) is 1.30. The van der Waals surface area contributed by atoms with Gasteiger partial charge >= 0.3 is 5.97 Å². The number of aliphatic carboxylic acids is 1. The SMILES string of the molecule is O=C(O)C(OCCCO)c1cc(F)cc(Cl)c1. The molecule has 1 aromatic rings. The molecule has 0 heterocycles. The van der Waals surface area contributed by atoms with Crippen LogP contribution in [0.25, 0.3) is 0 Å². The Balaban J connectivity index is 2.85. The van der Waals surface area contributed by atoms with Gasteiger partial charge in [-0.15, -0.1) is 0 Å². The molecule has 0 aliphatic rings. The van der Waals surface area contributed by atoms with Gasteiger partial charge in [0.05, 0.1) is 6.61 Å². The highest BCUT2D eigenvalue weighted by molar-refractivity contribution is 6.30. The van der Waals surface area contributed by atoms with Crippen molar-refractivity contribution < 1.29 is 24.1 Å². The first-order valence-electron chi connectivity index (χ1n) is 4.96. The highest BCUT2D eigenvalue weighted by Crippen LogP contribution is 2.23. The average molecular weight is 263 g/mol. The molecule has 17 heavy (non-hydrogen) atoms. The fraction of sp³-hybridized carbons (Fsp3) is 0.364. The van der Waals surface area contributed by atoms with Gasteiger partial charge in [-0.25, -0.2) is 9.18 Å². The number of ether oxygens (including phenoxy) is 1. The van der Waals surface area contributed by atoms with Crippen LogP contribution in [0.2, 0.25) is 5.02 Å². The molecule has 0 aliphatic carbocycles. The third-order valence-electron chi connectivity index (χ3n) is 2.00. The van der Waals surface area contributed by atoms with E-state index in [2.05, 4.69) is 0 Å². The summed E-state index contributed by atoms with van der Waals surface area (Å²) in [5.41, 5.74) is 0.139. The van der Waals surface area contributed by atoms with Crippen LogP contribution in [0.1, 0.15) is 18.1 Å². The van der Waals surface area contributed by atoms with E-state index in [-0.39, 0.29) is 23.8 Å². The molecule has 1 unspecified atom stereocenters. The fourth-order valence-corrected chi connectivity index (χ4v) is 1.53. The molecule has 1 rings (SSSR count). The first kappa shape index (κ1) is 13.9. The Morgan fingerprint density at radius 1 is 1.47 bits per heavy atom. The van der Waals surface area contributed by atoms with Gasteiger partial charge in [-0.05, 0) is 30.2 Å². The lowest BCUT2D eigenvalue weighted by molar-refractivity contribution is -0.151. The maximum atomic E-state index is 13.1. The molecule has 1 atom stereocenters. The lowest BCUT2D eigenvalue weighted by atomic mass is 10.1. The molecular formula is C11H12ClFO4. The Morgan fingerprint density at radius 2 is 2.18 bits per heavy atom. The van der Waals surface area contributed by atoms with E-state index < -0.39 is 17.9 Å². The minimum Gasteiger partial charge on any atom is -0.479 e. The van der Waals surface area contributed by atoms with Crippen molar-refractivity contribution in [2.45, 2.75) is 12.5 Å².